The van der Waals surface area contributed by atoms with E-state index in [4.69, 9.17) is 36.3 Å². The molecule has 1 unspecified atom stereocenters. The van der Waals surface area contributed by atoms with E-state index in [9.17, 15) is 97.5 Å². The molecule has 0 aliphatic carbocycles. The number of nitrogens with one attached hydrogen (secondary N) is 6. The molecule has 120 heavy (non-hydrogen) atoms. The molecule has 1 aliphatic heterocycles. The molecular weight excluding hydrogens is 1640 g/mol. The Bertz CT molecular complexity index is 3910. The first-order chi connectivity index (χ1) is 56.9. The average molecular weight is 1760 g/mol. The third kappa shape index (κ3) is 38.7. The Balaban J connectivity index is 1.35. The zero-order valence-electron chi connectivity index (χ0n) is 68.8. The zero-order chi connectivity index (χ0) is 89.1. The van der Waals surface area contributed by atoms with Gasteiger partial charge in [-0.1, -0.05) is 118 Å². The van der Waals surface area contributed by atoms with Crippen LogP contribution in [0, 0.1) is 35.5 Å². The van der Waals surface area contributed by atoms with Gasteiger partial charge in [-0.2, -0.15) is 0 Å². The SMILES string of the molecule is CCCC(=O)OCN(C(=O)[C@@H](CC[C@H]1CCCCN1C)C(C)CC)[C@H](C[C@@H](OC(C)=O)c1nc(C(=O)N[C@@H](Cc2ccc(O)cc2)C[C@H](C)C(=O)CNC(=O)OCCSSC[C@H](CC(=O)[C@H](Cc2ccccc2)NC(=O)[C@H](CC(=O)O)CC(=O)CC[C@H](NC(=O)CC[C@@H](NC(=S)N[C@H](CCC(=O)O)OC=O)C(=O)O)C(=O)O)C(=O)O)cs1)C(C)C. The van der Waals surface area contributed by atoms with Crippen molar-refractivity contribution in [2.45, 2.75) is 232 Å². The summed E-state index contributed by atoms with van der Waals surface area (Å²) < 4.78 is 21.8. The van der Waals surface area contributed by atoms with Crippen molar-refractivity contribution in [3.8, 4) is 5.75 Å². The van der Waals surface area contributed by atoms with Gasteiger partial charge >= 0.3 is 47.9 Å². The molecule has 4 rings (SSSR count). The molecule has 0 spiro atoms. The maximum Gasteiger partial charge on any atom is 0.407 e. The number of alkyl carbamates (subject to hydrolysis) is 1. The molecule has 13 atom stereocenters. The van der Waals surface area contributed by atoms with E-state index in [0.717, 1.165) is 71.6 Å². The van der Waals surface area contributed by atoms with Crippen LogP contribution < -0.4 is 31.9 Å². The second kappa shape index (κ2) is 54.4. The highest BCUT2D eigenvalue weighted by Gasteiger charge is 2.40. The van der Waals surface area contributed by atoms with Gasteiger partial charge in [0.25, 0.3) is 12.4 Å². The fourth-order valence-electron chi connectivity index (χ4n) is 13.4. The molecule has 2 heterocycles. The lowest BCUT2D eigenvalue weighted by atomic mass is 9.83. The number of thiazole rings is 1. The lowest BCUT2D eigenvalue weighted by molar-refractivity contribution is -0.161. The summed E-state index contributed by atoms with van der Waals surface area (Å²) in [5.74, 6) is -17.7. The Hall–Kier alpha value is -9.86. The fourth-order valence-corrected chi connectivity index (χ4v) is 16.6. The minimum absolute atomic E-state index is 0.00178. The van der Waals surface area contributed by atoms with Crippen LogP contribution in [0.3, 0.4) is 0 Å². The molecule has 0 bridgehead atoms. The van der Waals surface area contributed by atoms with E-state index in [-0.39, 0.29) is 104 Å². The van der Waals surface area contributed by atoms with Crippen molar-refractivity contribution >= 4 is 146 Å². The van der Waals surface area contributed by atoms with E-state index in [2.05, 4.69) is 55.8 Å². The number of nitrogens with zero attached hydrogens (tertiary/aromatic N) is 3. The van der Waals surface area contributed by atoms with E-state index < -0.39 is 212 Å². The lowest BCUT2D eigenvalue weighted by Gasteiger charge is -2.39. The number of rotatable bonds is 59. The molecule has 3 aromatic rings. The zero-order valence-corrected chi connectivity index (χ0v) is 72.1. The number of carboxylic acids is 5. The van der Waals surface area contributed by atoms with E-state index in [1.165, 1.54) is 24.4 Å². The van der Waals surface area contributed by atoms with E-state index in [0.29, 0.717) is 30.0 Å². The first-order valence-electron chi connectivity index (χ1n) is 39.9. The maximum absolute atomic E-state index is 15.1. The molecule has 5 amide bonds. The predicted molar refractivity (Wildman–Crippen MR) is 445 cm³/mol. The highest BCUT2D eigenvalue weighted by atomic mass is 33.1. The molecule has 35 nitrogen and oxygen atoms in total. The number of carboxylic acid groups (broad SMARTS) is 5. The molecule has 2 aromatic carbocycles. The number of aromatic hydroxyl groups is 1. The van der Waals surface area contributed by atoms with Crippen LogP contribution in [-0.4, -0.2) is 233 Å². The summed E-state index contributed by atoms with van der Waals surface area (Å²) in [5.41, 5.74) is 1.18. The van der Waals surface area contributed by atoms with Crippen molar-refractivity contribution in [3.63, 3.8) is 0 Å². The smallest absolute Gasteiger partial charge is 0.407 e. The van der Waals surface area contributed by atoms with Gasteiger partial charge in [-0.25, -0.2) is 19.4 Å². The first-order valence-corrected chi connectivity index (χ1v) is 43.7. The number of phenolic OH excluding ortho intramolecular Hbond substituents is 1. The number of carbonyl (C=O) groups is 16. The molecule has 0 radical (unpaired) electrons. The third-order valence-electron chi connectivity index (χ3n) is 20.3. The Kier molecular flexibility index (Phi) is 46.5. The molecule has 664 valence electrons. The summed E-state index contributed by atoms with van der Waals surface area (Å²) in [4.78, 5) is 216. The minimum Gasteiger partial charge on any atom is -0.508 e. The van der Waals surface area contributed by atoms with E-state index in [1.807, 2.05) is 27.7 Å². The number of likely N-dealkylation sites (tertiary alicyclic amines) is 1. The largest absolute Gasteiger partial charge is 0.508 e. The number of phenols is 1. The van der Waals surface area contributed by atoms with Crippen molar-refractivity contribution < 1.29 is 126 Å². The van der Waals surface area contributed by atoms with Gasteiger partial charge in [-0.05, 0) is 125 Å². The number of aliphatic carboxylic acids is 5. The summed E-state index contributed by atoms with van der Waals surface area (Å²) in [7, 11) is 4.24. The Labute approximate surface area is 714 Å². The van der Waals surface area contributed by atoms with Gasteiger partial charge in [0.2, 0.25) is 17.7 Å². The van der Waals surface area contributed by atoms with Crippen molar-refractivity contribution in [3.05, 3.63) is 81.8 Å². The normalized spacial score (nSPS) is 15.7. The number of piperidine rings is 1. The van der Waals surface area contributed by atoms with Gasteiger partial charge in [0.15, 0.2) is 35.7 Å². The summed E-state index contributed by atoms with van der Waals surface area (Å²) >= 11 is 6.12. The Morgan fingerprint density at radius 3 is 2.00 bits per heavy atom. The number of ether oxygens (including phenoxy) is 4. The van der Waals surface area contributed by atoms with Crippen molar-refractivity contribution in [1.29, 1.82) is 0 Å². The highest BCUT2D eigenvalue weighted by molar-refractivity contribution is 8.76. The number of hydrogen-bond donors (Lipinski definition) is 12. The van der Waals surface area contributed by atoms with Crippen LogP contribution in [0.1, 0.15) is 203 Å². The molecule has 0 saturated carbocycles. The number of thiocarbonyl (C=S) groups is 1. The molecule has 1 fully saturated rings. The van der Waals surface area contributed by atoms with Gasteiger partial charge in [-0.15, -0.1) is 11.3 Å². The lowest BCUT2D eigenvalue weighted by Crippen LogP contribution is -2.50. The number of benzene rings is 2. The standard InChI is InChI=1S/C81H115N9O26S4/c1-9-16-72(102)114-45-90(76(105)59(48(5)10-2)26-22-56-19-14-15-32-89(56)8)64(47(3)4)41-67(116-50(7)92)75-86-63(44-118-75)74(104)83-55(36-52-20-23-57(93)24-21-52)35-49(6)66(96)42-82-81(112)113-33-34-119-120-43-54(77(106)107)39-65(95)62(37-51-17-12-11-13-18-51)85-73(103)53(40-71(100)101)38-58(94)25-27-60(78(108)109)84-68(97)29-28-61(79(110)111)87-80(117)88-69(115-46-91)30-31-70(98)99/h11-13,17-18,20-21,23-24,44,46-49,53-56,59-62,64,67,69,93H,9-10,14-16,19,22,25-43,45H2,1-8H3,(H,82,112)(H,83,104)(H,84,97)(H,85,103)(H,98,99)(H,100,101)(H,106,107)(H,108,109)(H,110,111)(H2,87,88,117)/t48?,49-,53-,54-,55+,56+,59-,60-,61+,62-,64+,67+,69-/m0/s1. The molecule has 1 aromatic heterocycles. The molecule has 12 N–H and O–H groups in total. The third-order valence-corrected chi connectivity index (χ3v) is 24.0. The van der Waals surface area contributed by atoms with Crippen LogP contribution in [0.5, 0.6) is 5.75 Å². The molecule has 1 saturated heterocycles. The van der Waals surface area contributed by atoms with Crippen molar-refractivity contribution in [1.82, 2.24) is 46.7 Å². The first kappa shape index (κ1) is 102. The monoisotopic (exact) mass is 1760 g/mol. The Morgan fingerprint density at radius 2 is 1.38 bits per heavy atom. The summed E-state index contributed by atoms with van der Waals surface area (Å²) in [6.07, 6.45) is -2.35. The number of esters is 2. The van der Waals surface area contributed by atoms with Crippen LogP contribution in [0.2, 0.25) is 0 Å². The minimum atomic E-state index is -1.74. The van der Waals surface area contributed by atoms with Gasteiger partial charge in [0.05, 0.1) is 37.3 Å². The number of carbonyl (C=O) groups excluding carboxylic acids is 11. The predicted octanol–water partition coefficient (Wildman–Crippen LogP) is 7.82. The number of aromatic nitrogens is 1. The summed E-state index contributed by atoms with van der Waals surface area (Å²) in [6.45, 7) is 12.7. The summed E-state index contributed by atoms with van der Waals surface area (Å²) in [6, 6.07) is 8.67. The van der Waals surface area contributed by atoms with Gasteiger partial charge in [0.1, 0.15) is 40.9 Å². The van der Waals surface area contributed by atoms with Crippen LogP contribution in [-0.2, 0) is 98.9 Å². The van der Waals surface area contributed by atoms with Gasteiger partial charge in [0, 0.05) is 98.7 Å². The van der Waals surface area contributed by atoms with Crippen LogP contribution in [0.15, 0.2) is 60.0 Å². The van der Waals surface area contributed by atoms with Gasteiger partial charge in [-0.3, -0.25) is 62.3 Å². The van der Waals surface area contributed by atoms with E-state index >= 15 is 4.79 Å². The van der Waals surface area contributed by atoms with E-state index in [1.54, 1.807) is 54.3 Å². The maximum atomic E-state index is 15.1. The summed E-state index contributed by atoms with van der Waals surface area (Å²) in [5, 5.41) is 75.0. The van der Waals surface area contributed by atoms with Crippen LogP contribution in [0.25, 0.3) is 0 Å². The van der Waals surface area contributed by atoms with Crippen molar-refractivity contribution in [2.24, 2.45) is 35.5 Å². The topological polar surface area (TPSA) is 523 Å². The van der Waals surface area contributed by atoms with Crippen LogP contribution >= 0.6 is 45.1 Å². The molecular formula is C81H115N9O26S4. The van der Waals surface area contributed by atoms with Gasteiger partial charge < -0.3 is 91.3 Å². The quantitative estimate of drug-likeness (QED) is 0.00487. The highest BCUT2D eigenvalue weighted by Crippen LogP contribution is 2.35. The number of ketones is 3. The number of Topliss-reactive ketones (excluding diaryl/α,β-unsaturated/α-hetero) is 3. The average Bonchev–Trinajstić information content (AvgIpc) is 1.49. The number of amides is 5. The molecule has 39 heteroatoms. The van der Waals surface area contributed by atoms with Crippen LogP contribution in [0.4, 0.5) is 4.79 Å². The van der Waals surface area contributed by atoms with Crippen molar-refractivity contribution in [2.75, 3.05) is 45.0 Å². The number of hydrogen-bond acceptors (Lipinski definition) is 27. The molecule has 1 aliphatic rings. The Morgan fingerprint density at radius 1 is 0.708 bits per heavy atom. The second-order valence-electron chi connectivity index (χ2n) is 30.1. The second-order valence-corrected chi connectivity index (χ2v) is 34.0. The fraction of sp³-hybridized carbons (Fsp3) is 0.605.